The van der Waals surface area contributed by atoms with Gasteiger partial charge >= 0.3 is 0 Å². The summed E-state index contributed by atoms with van der Waals surface area (Å²) in [5, 5.41) is 4.19. The summed E-state index contributed by atoms with van der Waals surface area (Å²) in [7, 11) is 0.220. The second-order valence-electron chi connectivity index (χ2n) is 12.5. The third-order valence-electron chi connectivity index (χ3n) is 8.78. The molecule has 7 nitrogen and oxygen atoms in total. The highest BCUT2D eigenvalue weighted by atomic mass is 28.3. The van der Waals surface area contributed by atoms with Gasteiger partial charge in [-0.3, -0.25) is 0 Å². The predicted molar refractivity (Wildman–Crippen MR) is 181 cm³/mol. The van der Waals surface area contributed by atoms with Crippen LogP contribution in [0.4, 0.5) is 17.3 Å². The van der Waals surface area contributed by atoms with E-state index in [0.717, 1.165) is 48.6 Å². The smallest absolute Gasteiger partial charge is 0.229 e. The van der Waals surface area contributed by atoms with E-state index in [1.54, 1.807) is 0 Å². The van der Waals surface area contributed by atoms with Crippen molar-refractivity contribution in [2.75, 3.05) is 43.4 Å². The van der Waals surface area contributed by atoms with Crippen LogP contribution in [0.25, 0.3) is 11.0 Å². The zero-order valence-electron chi connectivity index (χ0n) is 26.6. The molecule has 8 heteroatoms. The van der Waals surface area contributed by atoms with Crippen LogP contribution in [0.15, 0.2) is 66.9 Å². The van der Waals surface area contributed by atoms with Crippen LogP contribution in [0.1, 0.15) is 47.1 Å². The lowest BCUT2D eigenvalue weighted by molar-refractivity contribution is 0.313. The molecule has 0 atom stereocenters. The number of para-hydroxylation sites is 1. The minimum atomic E-state index is -1.95. The Morgan fingerprint density at radius 2 is 1.49 bits per heavy atom. The summed E-state index contributed by atoms with van der Waals surface area (Å²) >= 11 is 0. The van der Waals surface area contributed by atoms with Crippen molar-refractivity contribution in [3.8, 4) is 23.1 Å². The molecule has 1 fully saturated rings. The second kappa shape index (κ2) is 13.1. The Kier molecular flexibility index (Phi) is 9.33. The van der Waals surface area contributed by atoms with Gasteiger partial charge in [-0.15, -0.1) is 5.54 Å². The fourth-order valence-corrected chi connectivity index (χ4v) is 11.6. The van der Waals surface area contributed by atoms with E-state index in [1.165, 1.54) is 5.69 Å². The molecule has 0 bridgehead atoms. The van der Waals surface area contributed by atoms with Crippen molar-refractivity contribution in [3.05, 3.63) is 72.4 Å². The molecule has 4 aromatic rings. The number of nitrogens with one attached hydrogen (secondary N) is 1. The van der Waals surface area contributed by atoms with Gasteiger partial charge in [0.15, 0.2) is 5.65 Å². The summed E-state index contributed by atoms with van der Waals surface area (Å²) in [5.74, 6) is 5.26. The van der Waals surface area contributed by atoms with E-state index in [9.17, 15) is 0 Å². The van der Waals surface area contributed by atoms with Crippen LogP contribution >= 0.6 is 0 Å². The summed E-state index contributed by atoms with van der Waals surface area (Å²) < 4.78 is 6.18. The van der Waals surface area contributed by atoms with Crippen LogP contribution in [0, 0.1) is 11.5 Å². The van der Waals surface area contributed by atoms with Crippen LogP contribution in [-0.2, 0) is 0 Å². The molecule has 0 unspecified atom stereocenters. The second-order valence-corrected chi connectivity index (χ2v) is 18.0. The van der Waals surface area contributed by atoms with Gasteiger partial charge in [-0.05, 0) is 60.1 Å². The number of pyridine rings is 1. The number of hydrogen-bond acceptors (Lipinski definition) is 7. The number of ether oxygens (including phenoxy) is 1. The lowest BCUT2D eigenvalue weighted by Gasteiger charge is -2.38. The van der Waals surface area contributed by atoms with Gasteiger partial charge in [0.1, 0.15) is 13.8 Å². The monoisotopic (exact) mass is 592 g/mol. The Morgan fingerprint density at radius 1 is 0.837 bits per heavy atom. The summed E-state index contributed by atoms with van der Waals surface area (Å²) in [5.41, 5.74) is 8.99. The first-order valence-electron chi connectivity index (χ1n) is 15.4. The first-order valence-corrected chi connectivity index (χ1v) is 17.6. The molecule has 5 rings (SSSR count). The van der Waals surface area contributed by atoms with Crippen LogP contribution in [0.3, 0.4) is 0 Å². The first kappa shape index (κ1) is 30.5. The number of benzene rings is 2. The minimum Gasteiger partial charge on any atom is -0.439 e. The van der Waals surface area contributed by atoms with Crippen LogP contribution < -0.4 is 15.0 Å². The Bertz CT molecular complexity index is 1560. The summed E-state index contributed by atoms with van der Waals surface area (Å²) in [6.07, 6.45) is 1.83. The maximum Gasteiger partial charge on any atom is 0.229 e. The summed E-state index contributed by atoms with van der Waals surface area (Å²) in [6.45, 7) is 18.2. The Labute approximate surface area is 257 Å². The molecule has 1 N–H and O–H groups in total. The van der Waals surface area contributed by atoms with E-state index >= 15 is 0 Å². The largest absolute Gasteiger partial charge is 0.439 e. The molecule has 1 saturated heterocycles. The summed E-state index contributed by atoms with van der Waals surface area (Å²) in [6, 6.07) is 20.1. The molecule has 0 amide bonds. The molecule has 2 aromatic heterocycles. The number of aromatic nitrogens is 3. The average Bonchev–Trinajstić information content (AvgIpc) is 2.98. The molecule has 3 heterocycles. The van der Waals surface area contributed by atoms with Crippen molar-refractivity contribution in [2.24, 2.45) is 0 Å². The molecule has 1 aliphatic heterocycles. The average molecular weight is 593 g/mol. The lowest BCUT2D eigenvalue weighted by Crippen LogP contribution is -2.44. The number of rotatable bonds is 8. The fourth-order valence-electron chi connectivity index (χ4n) is 6.37. The topological polar surface area (TPSA) is 66.4 Å². The van der Waals surface area contributed by atoms with Crippen molar-refractivity contribution in [3.63, 3.8) is 0 Å². The summed E-state index contributed by atoms with van der Waals surface area (Å²) in [4.78, 5) is 19.1. The first-order chi connectivity index (χ1) is 20.7. The van der Waals surface area contributed by atoms with Crippen LogP contribution in [0.2, 0.25) is 16.6 Å². The molecular formula is C35H44N6OSi. The maximum atomic E-state index is 6.18. The van der Waals surface area contributed by atoms with Crippen molar-refractivity contribution < 1.29 is 4.74 Å². The number of fused-ring (bicyclic) bond motifs is 1. The van der Waals surface area contributed by atoms with E-state index < -0.39 is 8.07 Å². The highest BCUT2D eigenvalue weighted by Crippen LogP contribution is 2.41. The molecule has 43 heavy (non-hydrogen) atoms. The van der Waals surface area contributed by atoms with E-state index in [2.05, 4.69) is 104 Å². The molecule has 0 aliphatic carbocycles. The number of hydrogen-bond donors (Lipinski definition) is 1. The predicted octanol–water partition coefficient (Wildman–Crippen LogP) is 7.88. The Morgan fingerprint density at radius 3 is 2.12 bits per heavy atom. The fraction of sp³-hybridized carbons (Fsp3) is 0.400. The van der Waals surface area contributed by atoms with Crippen LogP contribution in [0.5, 0.6) is 11.6 Å². The van der Waals surface area contributed by atoms with Gasteiger partial charge in [-0.2, -0.15) is 9.97 Å². The molecule has 0 saturated carbocycles. The van der Waals surface area contributed by atoms with Gasteiger partial charge in [0, 0.05) is 55.4 Å². The number of likely N-dealkylation sites (N-methyl/N-ethyl adjacent to an activating group) is 1. The van der Waals surface area contributed by atoms with Crippen molar-refractivity contribution in [1.29, 1.82) is 0 Å². The minimum absolute atomic E-state index is 0.468. The molecular weight excluding hydrogens is 549 g/mol. The lowest BCUT2D eigenvalue weighted by atomic mass is 10.2. The van der Waals surface area contributed by atoms with Gasteiger partial charge in [-0.25, -0.2) is 4.98 Å². The highest BCUT2D eigenvalue weighted by molar-refractivity contribution is 6.90. The van der Waals surface area contributed by atoms with Crippen molar-refractivity contribution in [1.82, 2.24) is 19.9 Å². The van der Waals surface area contributed by atoms with E-state index in [4.69, 9.17) is 14.7 Å². The van der Waals surface area contributed by atoms with Crippen molar-refractivity contribution in [2.45, 2.75) is 58.2 Å². The van der Waals surface area contributed by atoms with Gasteiger partial charge in [0.25, 0.3) is 0 Å². The maximum absolute atomic E-state index is 6.18. The van der Waals surface area contributed by atoms with Crippen molar-refractivity contribution >= 4 is 36.4 Å². The molecule has 224 valence electrons. The van der Waals surface area contributed by atoms with Crippen LogP contribution in [-0.4, -0.2) is 61.2 Å². The van der Waals surface area contributed by atoms with E-state index in [-0.39, 0.29) is 0 Å². The normalized spacial score (nSPS) is 14.3. The third kappa shape index (κ3) is 6.84. The van der Waals surface area contributed by atoms with Gasteiger partial charge in [0.2, 0.25) is 11.8 Å². The van der Waals surface area contributed by atoms with Gasteiger partial charge < -0.3 is 19.9 Å². The molecule has 2 aromatic carbocycles. The Hall–Kier alpha value is -3.93. The SMILES string of the molecule is CC(C)[Si](C#Cc1cc(Oc2ccccc2)nc2nc(Nc3ccc(N4CCN(C)CC4)cc3)ncc12)(C(C)C)C(C)C. The third-order valence-corrected chi connectivity index (χ3v) is 15.1. The number of piperazine rings is 1. The zero-order chi connectivity index (χ0) is 30.6. The van der Waals surface area contributed by atoms with E-state index in [1.807, 2.05) is 42.6 Å². The number of nitrogens with zero attached hydrogens (tertiary/aromatic N) is 5. The van der Waals surface area contributed by atoms with Gasteiger partial charge in [0.05, 0.1) is 5.39 Å². The number of anilines is 3. The highest BCUT2D eigenvalue weighted by Gasteiger charge is 2.41. The molecule has 1 aliphatic rings. The van der Waals surface area contributed by atoms with E-state index in [0.29, 0.717) is 34.1 Å². The molecule has 0 spiro atoms. The molecule has 0 radical (unpaired) electrons. The Balaban J connectivity index is 1.49. The standard InChI is InChI=1S/C35H44N6OSi/c1-25(2)43(26(3)4,27(5)6)22-17-28-23-33(42-31-11-9-8-10-12-31)38-34-32(28)24-36-35(39-34)37-29-13-15-30(16-14-29)41-20-18-40(7)19-21-41/h8-16,23-27H,18-21H2,1-7H3,(H,36,37,38,39). The van der Waals surface area contributed by atoms with Gasteiger partial charge in [-0.1, -0.05) is 65.7 Å². The quantitative estimate of drug-likeness (QED) is 0.165. The zero-order valence-corrected chi connectivity index (χ0v) is 27.6.